The lowest BCUT2D eigenvalue weighted by atomic mass is 10.1. The van der Waals surface area contributed by atoms with Crippen LogP contribution in [0.5, 0.6) is 0 Å². The summed E-state index contributed by atoms with van der Waals surface area (Å²) >= 11 is 0. The van der Waals surface area contributed by atoms with Crippen LogP contribution >= 0.6 is 0 Å². The Morgan fingerprint density at radius 2 is 1.74 bits per heavy atom. The van der Waals surface area contributed by atoms with E-state index in [1.165, 1.54) is 29.9 Å². The van der Waals surface area contributed by atoms with Crippen LogP contribution in [0.15, 0.2) is 60.8 Å². The summed E-state index contributed by atoms with van der Waals surface area (Å²) in [4.78, 5) is 34.3. The van der Waals surface area contributed by atoms with Gasteiger partial charge in [0.25, 0.3) is 17.5 Å². The molecule has 0 atom stereocenters. The average molecular weight is 365 g/mol. The number of nitro benzene ring substituents is 1. The Balaban J connectivity index is 1.76. The van der Waals surface area contributed by atoms with Crippen LogP contribution < -0.4 is 10.6 Å². The Labute approximate surface area is 153 Å². The number of carbonyl (C=O) groups is 2. The van der Waals surface area contributed by atoms with Gasteiger partial charge in [0.05, 0.1) is 10.6 Å². The fraction of sp³-hybridized carbons (Fsp3) is 0.0556. The van der Waals surface area contributed by atoms with Crippen molar-refractivity contribution in [2.45, 2.75) is 0 Å². The first-order valence-corrected chi connectivity index (χ1v) is 7.92. The third-order valence-electron chi connectivity index (χ3n) is 3.78. The Bertz CT molecular complexity index is 1010. The SMILES string of the molecule is CNC(=O)c1ccn(-c2ccc(NC(=O)c3ccccc3[N+](=O)[O-])cc2)n1. The zero-order valence-electron chi connectivity index (χ0n) is 14.2. The van der Waals surface area contributed by atoms with Crippen LogP contribution in [0.25, 0.3) is 5.69 Å². The first kappa shape index (κ1) is 17.8. The van der Waals surface area contributed by atoms with Crippen molar-refractivity contribution in [2.75, 3.05) is 12.4 Å². The molecule has 9 heteroatoms. The van der Waals surface area contributed by atoms with Gasteiger partial charge >= 0.3 is 0 Å². The summed E-state index contributed by atoms with van der Waals surface area (Å²) in [7, 11) is 1.52. The topological polar surface area (TPSA) is 119 Å². The Hall–Kier alpha value is -4.01. The number of nitrogens with one attached hydrogen (secondary N) is 2. The molecule has 3 aromatic rings. The lowest BCUT2D eigenvalue weighted by Crippen LogP contribution is -2.18. The first-order valence-electron chi connectivity index (χ1n) is 7.92. The molecule has 0 aliphatic rings. The molecule has 2 N–H and O–H groups in total. The van der Waals surface area contributed by atoms with Crippen molar-refractivity contribution in [1.29, 1.82) is 0 Å². The number of hydrogen-bond acceptors (Lipinski definition) is 5. The van der Waals surface area contributed by atoms with Crippen LogP contribution in [0, 0.1) is 10.1 Å². The fourth-order valence-corrected chi connectivity index (χ4v) is 2.44. The van der Waals surface area contributed by atoms with Gasteiger partial charge in [0.1, 0.15) is 5.56 Å². The van der Waals surface area contributed by atoms with E-state index in [1.807, 2.05) is 0 Å². The van der Waals surface area contributed by atoms with Crippen LogP contribution in [-0.4, -0.2) is 33.6 Å². The van der Waals surface area contributed by atoms with Gasteiger partial charge in [0.2, 0.25) is 0 Å². The third kappa shape index (κ3) is 3.82. The van der Waals surface area contributed by atoms with Crippen molar-refractivity contribution in [3.05, 3.63) is 82.2 Å². The Morgan fingerprint density at radius 1 is 1.04 bits per heavy atom. The maximum atomic E-state index is 12.3. The van der Waals surface area contributed by atoms with E-state index in [9.17, 15) is 19.7 Å². The molecule has 1 heterocycles. The Kier molecular flexibility index (Phi) is 4.93. The minimum Gasteiger partial charge on any atom is -0.354 e. The first-order chi connectivity index (χ1) is 13.0. The fourth-order valence-electron chi connectivity index (χ4n) is 2.44. The van der Waals surface area contributed by atoms with Crippen molar-refractivity contribution in [1.82, 2.24) is 15.1 Å². The molecule has 3 rings (SSSR count). The maximum Gasteiger partial charge on any atom is 0.282 e. The zero-order valence-corrected chi connectivity index (χ0v) is 14.2. The molecule has 9 nitrogen and oxygen atoms in total. The minimum absolute atomic E-state index is 0.0196. The molecular formula is C18H15N5O4. The quantitative estimate of drug-likeness (QED) is 0.531. The van der Waals surface area contributed by atoms with Gasteiger partial charge in [-0.3, -0.25) is 19.7 Å². The second kappa shape index (κ2) is 7.48. The van der Waals surface area contributed by atoms with Gasteiger partial charge in [-0.25, -0.2) is 4.68 Å². The highest BCUT2D eigenvalue weighted by Crippen LogP contribution is 2.20. The molecule has 27 heavy (non-hydrogen) atoms. The summed E-state index contributed by atoms with van der Waals surface area (Å²) in [6.07, 6.45) is 1.64. The molecule has 2 aromatic carbocycles. The van der Waals surface area contributed by atoms with Gasteiger partial charge in [-0.1, -0.05) is 12.1 Å². The van der Waals surface area contributed by atoms with Gasteiger partial charge in [0, 0.05) is 25.0 Å². The van der Waals surface area contributed by atoms with Crippen LogP contribution in [0.3, 0.4) is 0 Å². The summed E-state index contributed by atoms with van der Waals surface area (Å²) < 4.78 is 1.53. The maximum absolute atomic E-state index is 12.3. The molecule has 0 radical (unpaired) electrons. The van der Waals surface area contributed by atoms with Crippen LogP contribution in [-0.2, 0) is 0 Å². The molecule has 0 spiro atoms. The van der Waals surface area contributed by atoms with Gasteiger partial charge in [0.15, 0.2) is 5.69 Å². The molecule has 0 fully saturated rings. The van der Waals surface area contributed by atoms with Crippen molar-refractivity contribution >= 4 is 23.2 Å². The third-order valence-corrected chi connectivity index (χ3v) is 3.78. The lowest BCUT2D eigenvalue weighted by molar-refractivity contribution is -0.385. The average Bonchev–Trinajstić information content (AvgIpc) is 3.18. The largest absolute Gasteiger partial charge is 0.354 e. The summed E-state index contributed by atoms with van der Waals surface area (Å²) in [6, 6.07) is 14.0. The monoisotopic (exact) mass is 365 g/mol. The smallest absolute Gasteiger partial charge is 0.282 e. The molecule has 0 aliphatic carbocycles. The molecule has 0 saturated heterocycles. The number of anilines is 1. The van der Waals surface area contributed by atoms with Crippen molar-refractivity contribution in [3.8, 4) is 5.69 Å². The molecule has 1 aromatic heterocycles. The van der Waals surface area contributed by atoms with Crippen molar-refractivity contribution in [2.24, 2.45) is 0 Å². The lowest BCUT2D eigenvalue weighted by Gasteiger charge is -2.07. The number of aromatic nitrogens is 2. The number of benzene rings is 2. The summed E-state index contributed by atoms with van der Waals surface area (Å²) in [5.74, 6) is -0.863. The van der Waals surface area contributed by atoms with Gasteiger partial charge < -0.3 is 10.6 Å². The summed E-state index contributed by atoms with van der Waals surface area (Å²) in [5, 5.41) is 20.3. The number of nitro groups is 1. The molecule has 0 bridgehead atoms. The van der Waals surface area contributed by atoms with Crippen LogP contribution in [0.4, 0.5) is 11.4 Å². The van der Waals surface area contributed by atoms with E-state index in [-0.39, 0.29) is 22.9 Å². The minimum atomic E-state index is -0.597. The van der Waals surface area contributed by atoms with Crippen LogP contribution in [0.1, 0.15) is 20.8 Å². The number of rotatable bonds is 5. The predicted molar refractivity (Wildman–Crippen MR) is 98.0 cm³/mol. The van der Waals surface area contributed by atoms with Gasteiger partial charge in [-0.2, -0.15) is 5.10 Å². The van der Waals surface area contributed by atoms with Crippen molar-refractivity contribution < 1.29 is 14.5 Å². The highest BCUT2D eigenvalue weighted by atomic mass is 16.6. The summed E-state index contributed by atoms with van der Waals surface area (Å²) in [5.41, 5.74) is 1.17. The van der Waals surface area contributed by atoms with Gasteiger partial charge in [-0.05, 0) is 36.4 Å². The Morgan fingerprint density at radius 3 is 2.41 bits per heavy atom. The number of hydrogen-bond donors (Lipinski definition) is 2. The normalized spacial score (nSPS) is 10.3. The zero-order chi connectivity index (χ0) is 19.4. The van der Waals surface area contributed by atoms with E-state index < -0.39 is 10.8 Å². The number of carbonyl (C=O) groups excluding carboxylic acids is 2. The molecule has 0 aliphatic heterocycles. The van der Waals surface area contributed by atoms with E-state index in [0.29, 0.717) is 11.4 Å². The molecule has 2 amide bonds. The van der Waals surface area contributed by atoms with E-state index in [0.717, 1.165) is 0 Å². The number of para-hydroxylation sites is 1. The van der Waals surface area contributed by atoms with E-state index >= 15 is 0 Å². The second-order valence-corrected chi connectivity index (χ2v) is 5.50. The number of amides is 2. The van der Waals surface area contributed by atoms with E-state index in [1.54, 1.807) is 42.6 Å². The molecule has 0 unspecified atom stereocenters. The van der Waals surface area contributed by atoms with Crippen molar-refractivity contribution in [3.63, 3.8) is 0 Å². The predicted octanol–water partition coefficient (Wildman–Crippen LogP) is 2.39. The molecule has 0 saturated carbocycles. The van der Waals surface area contributed by atoms with E-state index in [2.05, 4.69) is 15.7 Å². The van der Waals surface area contributed by atoms with Crippen LogP contribution in [0.2, 0.25) is 0 Å². The summed E-state index contributed by atoms with van der Waals surface area (Å²) in [6.45, 7) is 0. The standard InChI is InChI=1S/C18H15N5O4/c1-19-18(25)15-10-11-22(21-15)13-8-6-12(7-9-13)20-17(24)14-4-2-3-5-16(14)23(26)27/h2-11H,1H3,(H,19,25)(H,20,24). The molecule has 136 valence electrons. The number of nitrogens with zero attached hydrogens (tertiary/aromatic N) is 3. The van der Waals surface area contributed by atoms with E-state index in [4.69, 9.17) is 0 Å². The highest BCUT2D eigenvalue weighted by molar-refractivity contribution is 6.07. The second-order valence-electron chi connectivity index (χ2n) is 5.50. The van der Waals surface area contributed by atoms with Gasteiger partial charge in [-0.15, -0.1) is 0 Å². The molecular weight excluding hydrogens is 350 g/mol. The highest BCUT2D eigenvalue weighted by Gasteiger charge is 2.19.